The molecule has 0 bridgehead atoms. The van der Waals surface area contributed by atoms with Crippen LogP contribution in [0.1, 0.15) is 30.8 Å². The van der Waals surface area contributed by atoms with E-state index in [1.165, 1.54) is 6.42 Å². The zero-order valence-corrected chi connectivity index (χ0v) is 10.5. The van der Waals surface area contributed by atoms with Crippen molar-refractivity contribution in [2.24, 2.45) is 5.73 Å². The fourth-order valence-corrected chi connectivity index (χ4v) is 1.68. The van der Waals surface area contributed by atoms with Crippen LogP contribution in [0.25, 0.3) is 0 Å². The molecule has 0 spiro atoms. The highest BCUT2D eigenvalue weighted by atomic mass is 15.2. The summed E-state index contributed by atoms with van der Waals surface area (Å²) in [6.45, 7) is 5.74. The van der Waals surface area contributed by atoms with E-state index in [-0.39, 0.29) is 0 Å². The van der Waals surface area contributed by atoms with Gasteiger partial charge in [0.25, 0.3) is 0 Å². The molecule has 0 saturated heterocycles. The van der Waals surface area contributed by atoms with E-state index in [1.54, 1.807) is 0 Å². The third-order valence-electron chi connectivity index (χ3n) is 2.54. The summed E-state index contributed by atoms with van der Waals surface area (Å²) in [5.41, 5.74) is 6.49. The summed E-state index contributed by atoms with van der Waals surface area (Å²) < 4.78 is 0. The van der Waals surface area contributed by atoms with E-state index in [9.17, 15) is 0 Å². The Morgan fingerprint density at radius 1 is 1.19 bits per heavy atom. The second-order valence-electron chi connectivity index (χ2n) is 4.19. The minimum Gasteiger partial charge on any atom is -0.360 e. The molecule has 1 rings (SSSR count). The Hall–Kier alpha value is -1.16. The highest BCUT2D eigenvalue weighted by molar-refractivity contribution is 5.38. The van der Waals surface area contributed by atoms with Crippen LogP contribution in [-0.4, -0.2) is 30.1 Å². The summed E-state index contributed by atoms with van der Waals surface area (Å²) in [7, 11) is 2.07. The molecule has 0 aliphatic heterocycles. The van der Waals surface area contributed by atoms with Gasteiger partial charge in [0.2, 0.25) is 0 Å². The van der Waals surface area contributed by atoms with Gasteiger partial charge in [-0.15, -0.1) is 0 Å². The molecule has 0 radical (unpaired) electrons. The largest absolute Gasteiger partial charge is 0.360 e. The quantitative estimate of drug-likeness (QED) is 0.744. The first-order chi connectivity index (χ1) is 7.63. The first-order valence-electron chi connectivity index (χ1n) is 5.87. The highest BCUT2D eigenvalue weighted by Crippen LogP contribution is 2.11. The smallest absolute Gasteiger partial charge is 0.132 e. The predicted molar refractivity (Wildman–Crippen MR) is 67.7 cm³/mol. The molecule has 1 aromatic rings. The van der Waals surface area contributed by atoms with Crippen LogP contribution in [0.4, 0.5) is 5.82 Å². The van der Waals surface area contributed by atoms with Crippen molar-refractivity contribution in [2.75, 3.05) is 25.0 Å². The molecule has 90 valence electrons. The van der Waals surface area contributed by atoms with Crippen molar-refractivity contribution in [3.8, 4) is 0 Å². The molecule has 4 heteroatoms. The first-order valence-corrected chi connectivity index (χ1v) is 5.87. The lowest BCUT2D eigenvalue weighted by Gasteiger charge is -2.18. The summed E-state index contributed by atoms with van der Waals surface area (Å²) in [4.78, 5) is 10.9. The van der Waals surface area contributed by atoms with Gasteiger partial charge in [-0.25, -0.2) is 9.97 Å². The third kappa shape index (κ3) is 4.14. The number of nitrogens with zero attached hydrogens (tertiary/aromatic N) is 3. The number of aryl methyl sites for hydroxylation is 2. The van der Waals surface area contributed by atoms with E-state index >= 15 is 0 Å². The van der Waals surface area contributed by atoms with Gasteiger partial charge in [-0.3, -0.25) is 0 Å². The van der Waals surface area contributed by atoms with Gasteiger partial charge in [0.15, 0.2) is 0 Å². The summed E-state index contributed by atoms with van der Waals surface area (Å²) in [5, 5.41) is 0. The Labute approximate surface area is 97.9 Å². The van der Waals surface area contributed by atoms with Gasteiger partial charge >= 0.3 is 0 Å². The molecular formula is C12H22N4. The predicted octanol–water partition coefficient (Wildman–Crippen LogP) is 1.66. The van der Waals surface area contributed by atoms with E-state index in [0.717, 1.165) is 43.3 Å². The minimum atomic E-state index is 0.787. The molecule has 2 N–H and O–H groups in total. The van der Waals surface area contributed by atoms with Gasteiger partial charge in [-0.05, 0) is 33.2 Å². The molecule has 0 fully saturated rings. The molecule has 16 heavy (non-hydrogen) atoms. The Kier molecular flexibility index (Phi) is 5.19. The number of hydrogen-bond donors (Lipinski definition) is 1. The van der Waals surface area contributed by atoms with Gasteiger partial charge < -0.3 is 10.6 Å². The van der Waals surface area contributed by atoms with Crippen molar-refractivity contribution in [1.82, 2.24) is 9.97 Å². The fourth-order valence-electron chi connectivity index (χ4n) is 1.68. The minimum absolute atomic E-state index is 0.787. The van der Waals surface area contributed by atoms with E-state index in [2.05, 4.69) is 21.9 Å². The Bertz CT molecular complexity index is 305. The lowest BCUT2D eigenvalue weighted by molar-refractivity contribution is 0.675. The monoisotopic (exact) mass is 222 g/mol. The van der Waals surface area contributed by atoms with Crippen LogP contribution in [-0.2, 0) is 0 Å². The Morgan fingerprint density at radius 3 is 2.56 bits per heavy atom. The number of nitrogens with two attached hydrogens (primary N) is 1. The van der Waals surface area contributed by atoms with Gasteiger partial charge in [0.05, 0.1) is 0 Å². The topological polar surface area (TPSA) is 55.0 Å². The van der Waals surface area contributed by atoms with Crippen LogP contribution in [0.3, 0.4) is 0 Å². The van der Waals surface area contributed by atoms with Crippen molar-refractivity contribution < 1.29 is 0 Å². The maximum atomic E-state index is 5.46. The number of unbranched alkanes of at least 4 members (excludes halogenated alkanes) is 2. The lowest BCUT2D eigenvalue weighted by atomic mass is 10.2. The molecule has 1 heterocycles. The summed E-state index contributed by atoms with van der Waals surface area (Å²) >= 11 is 0. The molecule has 1 aromatic heterocycles. The fraction of sp³-hybridized carbons (Fsp3) is 0.667. The van der Waals surface area contributed by atoms with Crippen molar-refractivity contribution >= 4 is 5.82 Å². The second kappa shape index (κ2) is 6.43. The second-order valence-corrected chi connectivity index (χ2v) is 4.19. The zero-order valence-electron chi connectivity index (χ0n) is 10.5. The van der Waals surface area contributed by atoms with Crippen molar-refractivity contribution in [1.29, 1.82) is 0 Å². The maximum absolute atomic E-state index is 5.46. The summed E-state index contributed by atoms with van der Waals surface area (Å²) in [5.74, 6) is 1.85. The molecule has 4 nitrogen and oxygen atoms in total. The van der Waals surface area contributed by atoms with E-state index in [4.69, 9.17) is 5.73 Å². The van der Waals surface area contributed by atoms with Gasteiger partial charge in [-0.1, -0.05) is 6.42 Å². The molecule has 0 atom stereocenters. The Morgan fingerprint density at radius 2 is 1.94 bits per heavy atom. The molecule has 0 saturated carbocycles. The molecule has 0 aromatic carbocycles. The highest BCUT2D eigenvalue weighted by Gasteiger charge is 2.04. The standard InChI is InChI=1S/C12H22N4/c1-10-9-12(15-11(2)14-10)16(3)8-6-4-5-7-13/h9H,4-8,13H2,1-3H3. The first kappa shape index (κ1) is 12.9. The third-order valence-corrected chi connectivity index (χ3v) is 2.54. The summed E-state index contributed by atoms with van der Waals surface area (Å²) in [6.07, 6.45) is 3.45. The lowest BCUT2D eigenvalue weighted by Crippen LogP contribution is -2.20. The van der Waals surface area contributed by atoms with Gasteiger partial charge in [-0.2, -0.15) is 0 Å². The molecule has 0 amide bonds. The van der Waals surface area contributed by atoms with Crippen LogP contribution in [0, 0.1) is 13.8 Å². The van der Waals surface area contributed by atoms with Crippen molar-refractivity contribution in [3.63, 3.8) is 0 Å². The Balaban J connectivity index is 2.48. The SMILES string of the molecule is Cc1cc(N(C)CCCCCN)nc(C)n1. The molecule has 0 aliphatic carbocycles. The normalized spacial score (nSPS) is 10.5. The van der Waals surface area contributed by atoms with E-state index in [0.29, 0.717) is 0 Å². The molecule has 0 aliphatic rings. The van der Waals surface area contributed by atoms with Crippen LogP contribution in [0.5, 0.6) is 0 Å². The molecule has 0 unspecified atom stereocenters. The molecular weight excluding hydrogens is 200 g/mol. The number of aromatic nitrogens is 2. The van der Waals surface area contributed by atoms with Crippen molar-refractivity contribution in [3.05, 3.63) is 17.6 Å². The average molecular weight is 222 g/mol. The van der Waals surface area contributed by atoms with E-state index < -0.39 is 0 Å². The van der Waals surface area contributed by atoms with Crippen LogP contribution in [0.2, 0.25) is 0 Å². The summed E-state index contributed by atoms with van der Waals surface area (Å²) in [6, 6.07) is 2.02. The van der Waals surface area contributed by atoms with Gasteiger partial charge in [0, 0.05) is 25.4 Å². The maximum Gasteiger partial charge on any atom is 0.132 e. The number of rotatable bonds is 6. The van der Waals surface area contributed by atoms with E-state index in [1.807, 2.05) is 19.9 Å². The van der Waals surface area contributed by atoms with Crippen molar-refractivity contribution in [2.45, 2.75) is 33.1 Å². The van der Waals surface area contributed by atoms with Crippen LogP contribution < -0.4 is 10.6 Å². The number of anilines is 1. The average Bonchev–Trinajstić information content (AvgIpc) is 2.22. The van der Waals surface area contributed by atoms with Gasteiger partial charge in [0.1, 0.15) is 11.6 Å². The van der Waals surface area contributed by atoms with Crippen LogP contribution in [0.15, 0.2) is 6.07 Å². The number of hydrogen-bond acceptors (Lipinski definition) is 4. The zero-order chi connectivity index (χ0) is 12.0. The van der Waals surface area contributed by atoms with Crippen LogP contribution >= 0.6 is 0 Å².